The van der Waals surface area contributed by atoms with Gasteiger partial charge in [0.05, 0.1) is 5.69 Å². The van der Waals surface area contributed by atoms with Crippen molar-refractivity contribution in [3.63, 3.8) is 0 Å². The van der Waals surface area contributed by atoms with Gasteiger partial charge in [0.1, 0.15) is 18.7 Å². The lowest BCUT2D eigenvalue weighted by Gasteiger charge is -2.03. The van der Waals surface area contributed by atoms with E-state index >= 15 is 0 Å². The van der Waals surface area contributed by atoms with Crippen LogP contribution in [0.25, 0.3) is 0 Å². The molecule has 0 aliphatic carbocycles. The van der Waals surface area contributed by atoms with E-state index in [4.69, 9.17) is 11.6 Å². The third-order valence-corrected chi connectivity index (χ3v) is 2.85. The maximum absolute atomic E-state index is 5.65. The molecular formula is C11H17ClN6. The van der Waals surface area contributed by atoms with Gasteiger partial charge in [0.2, 0.25) is 0 Å². The van der Waals surface area contributed by atoms with Gasteiger partial charge in [-0.25, -0.2) is 14.3 Å². The Morgan fingerprint density at radius 3 is 3.06 bits per heavy atom. The fraction of sp³-hybridized carbons (Fsp3) is 0.636. The highest BCUT2D eigenvalue weighted by atomic mass is 35.5. The minimum absolute atomic E-state index is 0.605. The smallest absolute Gasteiger partial charge is 0.148 e. The monoisotopic (exact) mass is 268 g/mol. The van der Waals surface area contributed by atoms with Gasteiger partial charge < -0.3 is 0 Å². The Morgan fingerprint density at radius 2 is 2.28 bits per heavy atom. The number of hydrogen-bond acceptors (Lipinski definition) is 4. The second-order valence-corrected chi connectivity index (χ2v) is 4.48. The van der Waals surface area contributed by atoms with Crippen molar-refractivity contribution in [3.8, 4) is 0 Å². The van der Waals surface area contributed by atoms with Crippen LogP contribution in [0.4, 0.5) is 0 Å². The van der Waals surface area contributed by atoms with Gasteiger partial charge in [0.25, 0.3) is 0 Å². The molecule has 0 amide bonds. The summed E-state index contributed by atoms with van der Waals surface area (Å²) in [6.45, 7) is 3.60. The molecule has 2 aromatic rings. The fourth-order valence-electron chi connectivity index (χ4n) is 1.73. The third kappa shape index (κ3) is 3.29. The minimum atomic E-state index is 0.605. The fourth-order valence-corrected chi connectivity index (χ4v) is 1.87. The van der Waals surface area contributed by atoms with Crippen molar-refractivity contribution in [2.75, 3.05) is 5.88 Å². The molecule has 2 aromatic heterocycles. The van der Waals surface area contributed by atoms with Gasteiger partial charge in [-0.3, -0.25) is 0 Å². The molecule has 2 heterocycles. The van der Waals surface area contributed by atoms with Gasteiger partial charge in [-0.2, -0.15) is 5.10 Å². The van der Waals surface area contributed by atoms with Crippen LogP contribution in [0.15, 0.2) is 12.5 Å². The molecule has 0 fully saturated rings. The van der Waals surface area contributed by atoms with Crippen LogP contribution in [0.5, 0.6) is 0 Å². The Morgan fingerprint density at radius 1 is 1.39 bits per heavy atom. The number of alkyl halides is 1. The number of nitrogens with zero attached hydrogens (tertiary/aromatic N) is 6. The second kappa shape index (κ2) is 6.49. The predicted molar refractivity (Wildman–Crippen MR) is 68.5 cm³/mol. The molecule has 0 aliphatic rings. The molecular weight excluding hydrogens is 252 g/mol. The van der Waals surface area contributed by atoms with Crippen molar-refractivity contribution in [2.24, 2.45) is 0 Å². The Labute approximate surface area is 111 Å². The largest absolute Gasteiger partial charge is 0.248 e. The summed E-state index contributed by atoms with van der Waals surface area (Å²) >= 11 is 5.65. The lowest BCUT2D eigenvalue weighted by Crippen LogP contribution is -2.10. The van der Waals surface area contributed by atoms with E-state index < -0.39 is 0 Å². The first-order valence-corrected chi connectivity index (χ1v) is 6.68. The molecule has 0 saturated heterocycles. The van der Waals surface area contributed by atoms with Crippen LogP contribution in [-0.4, -0.2) is 35.6 Å². The molecule has 0 saturated carbocycles. The predicted octanol–water partition coefficient (Wildman–Crippen LogP) is 1.50. The lowest BCUT2D eigenvalue weighted by atomic mass is 10.3. The van der Waals surface area contributed by atoms with Crippen LogP contribution in [0, 0.1) is 0 Å². The van der Waals surface area contributed by atoms with Crippen LogP contribution in [-0.2, 0) is 19.5 Å². The summed E-state index contributed by atoms with van der Waals surface area (Å²) in [5, 5.41) is 12.4. The highest BCUT2D eigenvalue weighted by molar-refractivity contribution is 6.17. The summed E-state index contributed by atoms with van der Waals surface area (Å²) < 4.78 is 3.69. The van der Waals surface area contributed by atoms with Crippen molar-refractivity contribution in [2.45, 2.75) is 39.3 Å². The van der Waals surface area contributed by atoms with Crippen LogP contribution in [0.3, 0.4) is 0 Å². The van der Waals surface area contributed by atoms with E-state index in [0.29, 0.717) is 12.4 Å². The number of rotatable bonds is 7. The van der Waals surface area contributed by atoms with E-state index in [9.17, 15) is 0 Å². The van der Waals surface area contributed by atoms with E-state index in [-0.39, 0.29) is 0 Å². The van der Waals surface area contributed by atoms with E-state index in [1.165, 1.54) is 0 Å². The van der Waals surface area contributed by atoms with Crippen molar-refractivity contribution in [1.82, 2.24) is 29.8 Å². The third-order valence-electron chi connectivity index (χ3n) is 2.59. The second-order valence-electron chi connectivity index (χ2n) is 4.10. The van der Waals surface area contributed by atoms with Crippen LogP contribution >= 0.6 is 11.6 Å². The number of aromatic nitrogens is 6. The molecule has 7 heteroatoms. The maximum Gasteiger partial charge on any atom is 0.148 e. The zero-order valence-electron chi connectivity index (χ0n) is 10.5. The van der Waals surface area contributed by atoms with E-state index in [1.54, 1.807) is 11.0 Å². The summed E-state index contributed by atoms with van der Waals surface area (Å²) in [5.74, 6) is 1.56. The van der Waals surface area contributed by atoms with Crippen LogP contribution in [0.2, 0.25) is 0 Å². The molecule has 0 bridgehead atoms. The topological polar surface area (TPSA) is 61.4 Å². The van der Waals surface area contributed by atoms with Crippen molar-refractivity contribution in [3.05, 3.63) is 24.0 Å². The molecule has 0 aliphatic heterocycles. The van der Waals surface area contributed by atoms with Gasteiger partial charge in [-0.05, 0) is 19.3 Å². The van der Waals surface area contributed by atoms with Gasteiger partial charge in [0, 0.05) is 18.6 Å². The average Bonchev–Trinajstić information content (AvgIpc) is 2.98. The van der Waals surface area contributed by atoms with E-state index in [2.05, 4.69) is 27.3 Å². The quantitative estimate of drug-likeness (QED) is 0.714. The number of halogens is 1. The summed E-state index contributed by atoms with van der Waals surface area (Å²) in [5.41, 5.74) is 0.970. The van der Waals surface area contributed by atoms with E-state index in [0.717, 1.165) is 37.3 Å². The Kier molecular flexibility index (Phi) is 4.69. The molecule has 0 radical (unpaired) electrons. The van der Waals surface area contributed by atoms with Crippen molar-refractivity contribution in [1.29, 1.82) is 0 Å². The summed E-state index contributed by atoms with van der Waals surface area (Å²) in [6, 6.07) is 0. The lowest BCUT2D eigenvalue weighted by molar-refractivity contribution is 0.532. The highest BCUT2D eigenvalue weighted by Gasteiger charge is 2.06. The zero-order chi connectivity index (χ0) is 12.8. The van der Waals surface area contributed by atoms with Gasteiger partial charge in [-0.15, -0.1) is 16.7 Å². The molecule has 18 heavy (non-hydrogen) atoms. The Hall–Kier alpha value is -1.43. The van der Waals surface area contributed by atoms with Crippen molar-refractivity contribution < 1.29 is 0 Å². The standard InChI is InChI=1S/C11H17ClN6/c1-2-6-18-11(13-9-14-18)8-17-7-10(15-16-17)4-3-5-12/h7,9H,2-6,8H2,1H3. The van der Waals surface area contributed by atoms with Gasteiger partial charge in [0.15, 0.2) is 0 Å². The Bertz CT molecular complexity index is 477. The first-order valence-electron chi connectivity index (χ1n) is 6.15. The van der Waals surface area contributed by atoms with Gasteiger partial charge in [-0.1, -0.05) is 12.1 Å². The summed E-state index contributed by atoms with van der Waals surface area (Å²) in [7, 11) is 0. The molecule has 0 spiro atoms. The maximum atomic E-state index is 5.65. The minimum Gasteiger partial charge on any atom is -0.248 e. The number of aryl methyl sites for hydroxylation is 2. The molecule has 0 aromatic carbocycles. The van der Waals surface area contributed by atoms with Crippen LogP contribution < -0.4 is 0 Å². The zero-order valence-corrected chi connectivity index (χ0v) is 11.2. The SMILES string of the molecule is CCCn1ncnc1Cn1cc(CCCCl)nn1. The molecule has 0 atom stereocenters. The Balaban J connectivity index is 1.99. The van der Waals surface area contributed by atoms with Gasteiger partial charge >= 0.3 is 0 Å². The molecule has 0 unspecified atom stereocenters. The normalized spacial score (nSPS) is 11.0. The molecule has 2 rings (SSSR count). The first-order chi connectivity index (χ1) is 8.83. The number of hydrogen-bond donors (Lipinski definition) is 0. The molecule has 6 nitrogen and oxygen atoms in total. The summed E-state index contributed by atoms with van der Waals surface area (Å²) in [6.07, 6.45) is 6.35. The van der Waals surface area contributed by atoms with Crippen LogP contribution in [0.1, 0.15) is 31.3 Å². The molecule has 98 valence electrons. The highest BCUT2D eigenvalue weighted by Crippen LogP contribution is 2.03. The summed E-state index contributed by atoms with van der Waals surface area (Å²) in [4.78, 5) is 4.24. The average molecular weight is 269 g/mol. The first kappa shape index (κ1) is 13.0. The van der Waals surface area contributed by atoms with E-state index in [1.807, 2.05) is 10.9 Å². The van der Waals surface area contributed by atoms with Crippen molar-refractivity contribution >= 4 is 11.6 Å². The molecule has 0 N–H and O–H groups in total.